The number of hydrogen-bond donors (Lipinski definition) is 2. The van der Waals surface area contributed by atoms with Gasteiger partial charge in [-0.15, -0.1) is 5.10 Å². The number of aromatic nitrogens is 3. The van der Waals surface area contributed by atoms with Gasteiger partial charge < -0.3 is 10.2 Å². The zero-order chi connectivity index (χ0) is 17.3. The molecule has 1 aromatic carbocycles. The first-order valence-electron chi connectivity index (χ1n) is 8.00. The fraction of sp³-hybridized carbons (Fsp3) is 0.412. The van der Waals surface area contributed by atoms with E-state index in [9.17, 15) is 10.2 Å². The standard InChI is InChI=1S/C17H22N4O2S/c1-4-12-5-7-13(8-6-12)14(20(3)9-10-22)15-16(23)21-17(24-15)18-11(2)19-21/h5-8,14,22-23H,4,9-10H2,1-3H3. The average molecular weight is 346 g/mol. The molecule has 3 rings (SSSR count). The summed E-state index contributed by atoms with van der Waals surface area (Å²) in [5.41, 5.74) is 2.34. The number of hydrogen-bond acceptors (Lipinski definition) is 6. The Bertz CT molecular complexity index is 825. The number of aryl methyl sites for hydroxylation is 2. The van der Waals surface area contributed by atoms with Gasteiger partial charge in [0.25, 0.3) is 0 Å². The van der Waals surface area contributed by atoms with Gasteiger partial charge in [0.1, 0.15) is 5.82 Å². The van der Waals surface area contributed by atoms with Crippen molar-refractivity contribution in [2.24, 2.45) is 0 Å². The quantitative estimate of drug-likeness (QED) is 0.717. The molecule has 0 spiro atoms. The van der Waals surface area contributed by atoms with E-state index < -0.39 is 0 Å². The van der Waals surface area contributed by atoms with Gasteiger partial charge in [-0.1, -0.05) is 42.5 Å². The highest BCUT2D eigenvalue weighted by molar-refractivity contribution is 7.17. The summed E-state index contributed by atoms with van der Waals surface area (Å²) in [6.07, 6.45) is 0.985. The van der Waals surface area contributed by atoms with Crippen molar-refractivity contribution >= 4 is 16.3 Å². The van der Waals surface area contributed by atoms with Crippen LogP contribution in [0.25, 0.3) is 4.96 Å². The van der Waals surface area contributed by atoms with Crippen LogP contribution < -0.4 is 0 Å². The highest BCUT2D eigenvalue weighted by atomic mass is 32.1. The van der Waals surface area contributed by atoms with Gasteiger partial charge in [-0.3, -0.25) is 4.90 Å². The van der Waals surface area contributed by atoms with Gasteiger partial charge in [-0.25, -0.2) is 4.98 Å². The molecule has 24 heavy (non-hydrogen) atoms. The fourth-order valence-electron chi connectivity index (χ4n) is 2.85. The summed E-state index contributed by atoms with van der Waals surface area (Å²) in [7, 11) is 1.94. The van der Waals surface area contributed by atoms with E-state index >= 15 is 0 Å². The summed E-state index contributed by atoms with van der Waals surface area (Å²) in [5, 5.41) is 24.2. The van der Waals surface area contributed by atoms with Crippen LogP contribution in [0.1, 0.15) is 34.8 Å². The molecule has 0 saturated heterocycles. The topological polar surface area (TPSA) is 73.9 Å². The molecule has 0 bridgehead atoms. The van der Waals surface area contributed by atoms with Gasteiger partial charge in [0.2, 0.25) is 10.8 Å². The maximum Gasteiger partial charge on any atom is 0.230 e. The van der Waals surface area contributed by atoms with Crippen LogP contribution >= 0.6 is 11.3 Å². The van der Waals surface area contributed by atoms with Gasteiger partial charge in [0, 0.05) is 6.54 Å². The van der Waals surface area contributed by atoms with Crippen LogP contribution in [0.5, 0.6) is 5.88 Å². The summed E-state index contributed by atoms with van der Waals surface area (Å²) < 4.78 is 1.48. The molecule has 3 aromatic rings. The van der Waals surface area contributed by atoms with Gasteiger partial charge in [0.05, 0.1) is 17.5 Å². The minimum atomic E-state index is -0.156. The highest BCUT2D eigenvalue weighted by Crippen LogP contribution is 2.39. The third kappa shape index (κ3) is 3.02. The van der Waals surface area contributed by atoms with E-state index in [0.717, 1.165) is 16.9 Å². The lowest BCUT2D eigenvalue weighted by molar-refractivity contribution is 0.196. The molecule has 0 radical (unpaired) electrons. The second-order valence-electron chi connectivity index (χ2n) is 5.85. The third-order valence-electron chi connectivity index (χ3n) is 4.15. The monoisotopic (exact) mass is 346 g/mol. The molecule has 1 atom stereocenters. The van der Waals surface area contributed by atoms with E-state index in [1.54, 1.807) is 6.92 Å². The molecule has 1 unspecified atom stereocenters. The van der Waals surface area contributed by atoms with E-state index in [2.05, 4.69) is 41.3 Å². The molecule has 2 aromatic heterocycles. The number of benzene rings is 1. The first-order valence-corrected chi connectivity index (χ1v) is 8.81. The van der Waals surface area contributed by atoms with Crippen LogP contribution in [-0.2, 0) is 6.42 Å². The lowest BCUT2D eigenvalue weighted by atomic mass is 10.0. The lowest BCUT2D eigenvalue weighted by Crippen LogP contribution is -2.28. The fourth-order valence-corrected chi connectivity index (χ4v) is 4.05. The Labute approximate surface area is 145 Å². The lowest BCUT2D eigenvalue weighted by Gasteiger charge is -2.27. The van der Waals surface area contributed by atoms with Crippen molar-refractivity contribution < 1.29 is 10.2 Å². The summed E-state index contributed by atoms with van der Waals surface area (Å²) in [5.74, 6) is 0.751. The van der Waals surface area contributed by atoms with E-state index in [1.165, 1.54) is 21.4 Å². The van der Waals surface area contributed by atoms with Crippen molar-refractivity contribution in [1.29, 1.82) is 0 Å². The Morgan fingerprint density at radius 1 is 1.29 bits per heavy atom. The van der Waals surface area contributed by atoms with Gasteiger partial charge in [-0.05, 0) is 31.5 Å². The van der Waals surface area contributed by atoms with Crippen LogP contribution in [0.15, 0.2) is 24.3 Å². The molecule has 2 heterocycles. The molecule has 128 valence electrons. The number of thiazole rings is 1. The Hall–Kier alpha value is -1.96. The minimum absolute atomic E-state index is 0.0562. The Kier molecular flexibility index (Phi) is 4.84. The number of nitrogens with zero attached hydrogens (tertiary/aromatic N) is 4. The number of aromatic hydroxyl groups is 1. The number of fused-ring (bicyclic) bond motifs is 1. The van der Waals surface area contributed by atoms with Crippen molar-refractivity contribution in [3.63, 3.8) is 0 Å². The zero-order valence-corrected chi connectivity index (χ0v) is 14.9. The maximum atomic E-state index is 10.6. The van der Waals surface area contributed by atoms with Crippen LogP contribution in [0.2, 0.25) is 0 Å². The molecule has 2 N–H and O–H groups in total. The summed E-state index contributed by atoms with van der Waals surface area (Å²) in [6.45, 7) is 4.49. The first-order chi connectivity index (χ1) is 11.5. The summed E-state index contributed by atoms with van der Waals surface area (Å²) in [4.78, 5) is 7.83. The highest BCUT2D eigenvalue weighted by Gasteiger charge is 2.27. The summed E-state index contributed by atoms with van der Waals surface area (Å²) in [6, 6.07) is 8.22. The van der Waals surface area contributed by atoms with Gasteiger partial charge in [0.15, 0.2) is 0 Å². The molecule has 0 amide bonds. The first kappa shape index (κ1) is 16.9. The average Bonchev–Trinajstić information content (AvgIpc) is 3.07. The van der Waals surface area contributed by atoms with Crippen LogP contribution in [0, 0.1) is 6.92 Å². The Morgan fingerprint density at radius 2 is 2.00 bits per heavy atom. The zero-order valence-electron chi connectivity index (χ0n) is 14.1. The molecule has 0 aliphatic rings. The van der Waals surface area contributed by atoms with Crippen molar-refractivity contribution in [1.82, 2.24) is 19.5 Å². The number of aliphatic hydroxyl groups is 1. The largest absolute Gasteiger partial charge is 0.492 e. The smallest absolute Gasteiger partial charge is 0.230 e. The Balaban J connectivity index is 2.08. The van der Waals surface area contributed by atoms with Gasteiger partial charge in [-0.2, -0.15) is 4.52 Å². The molecule has 0 saturated carbocycles. The molecule has 0 aliphatic heterocycles. The normalized spacial score (nSPS) is 13.0. The third-order valence-corrected chi connectivity index (χ3v) is 5.22. The Morgan fingerprint density at radius 3 is 2.58 bits per heavy atom. The maximum absolute atomic E-state index is 10.6. The van der Waals surface area contributed by atoms with Crippen molar-refractivity contribution in [2.75, 3.05) is 20.2 Å². The van der Waals surface area contributed by atoms with Crippen LogP contribution in [0.4, 0.5) is 0 Å². The van der Waals surface area contributed by atoms with Crippen molar-refractivity contribution in [3.05, 3.63) is 46.1 Å². The van der Waals surface area contributed by atoms with E-state index in [4.69, 9.17) is 0 Å². The second-order valence-corrected chi connectivity index (χ2v) is 6.85. The molecule has 7 heteroatoms. The summed E-state index contributed by atoms with van der Waals surface area (Å²) >= 11 is 1.43. The SMILES string of the molecule is CCc1ccc(C(c2sc3nc(C)nn3c2O)N(C)CCO)cc1. The molecule has 6 nitrogen and oxygen atoms in total. The second kappa shape index (κ2) is 6.88. The van der Waals surface area contributed by atoms with E-state index in [0.29, 0.717) is 17.3 Å². The predicted molar refractivity (Wildman–Crippen MR) is 94.6 cm³/mol. The molecular formula is C17H22N4O2S. The minimum Gasteiger partial charge on any atom is -0.492 e. The van der Waals surface area contributed by atoms with Crippen molar-refractivity contribution in [3.8, 4) is 5.88 Å². The predicted octanol–water partition coefficient (Wildman–Crippen LogP) is 2.38. The molecular weight excluding hydrogens is 324 g/mol. The van der Waals surface area contributed by atoms with E-state index in [1.807, 2.05) is 11.9 Å². The number of rotatable bonds is 6. The number of likely N-dealkylation sites (N-methyl/N-ethyl adjacent to an activating group) is 1. The number of aliphatic hydroxyl groups excluding tert-OH is 1. The van der Waals surface area contributed by atoms with E-state index in [-0.39, 0.29) is 18.5 Å². The molecule has 0 aliphatic carbocycles. The van der Waals surface area contributed by atoms with Crippen molar-refractivity contribution in [2.45, 2.75) is 26.3 Å². The van der Waals surface area contributed by atoms with Crippen LogP contribution in [-0.4, -0.2) is 49.9 Å². The molecule has 0 fully saturated rings. The van der Waals surface area contributed by atoms with Gasteiger partial charge >= 0.3 is 0 Å². The van der Waals surface area contributed by atoms with Crippen LogP contribution in [0.3, 0.4) is 0 Å².